The van der Waals surface area contributed by atoms with Gasteiger partial charge in [-0.2, -0.15) is 0 Å². The van der Waals surface area contributed by atoms with E-state index in [-0.39, 0.29) is 32.6 Å². The highest BCUT2D eigenvalue weighted by Crippen LogP contribution is 2.26. The molecule has 2 rings (SSSR count). The Morgan fingerprint density at radius 1 is 1.15 bits per heavy atom. The van der Waals surface area contributed by atoms with Crippen LogP contribution < -0.4 is 10.0 Å². The van der Waals surface area contributed by atoms with E-state index in [0.29, 0.717) is 18.6 Å². The number of carbonyl (C=O) groups excluding carboxylic acids is 1. The predicted octanol–water partition coefficient (Wildman–Crippen LogP) is 3.95. The molecule has 0 aliphatic carbocycles. The number of ether oxygens (including phenoxy) is 1. The van der Waals surface area contributed by atoms with Gasteiger partial charge in [0.05, 0.1) is 14.9 Å². The van der Waals surface area contributed by atoms with Gasteiger partial charge < -0.3 is 10.1 Å². The molecule has 6 nitrogen and oxygen atoms in total. The van der Waals surface area contributed by atoms with Crippen molar-refractivity contribution in [3.8, 4) is 0 Å². The Kier molecular flexibility index (Phi) is 7.49. The lowest BCUT2D eigenvalue weighted by Crippen LogP contribution is -2.33. The maximum absolute atomic E-state index is 12.5. The zero-order valence-electron chi connectivity index (χ0n) is 14.8. The summed E-state index contributed by atoms with van der Waals surface area (Å²) in [5.41, 5.74) is 0.604. The van der Waals surface area contributed by atoms with Crippen LogP contribution in [0, 0.1) is 0 Å². The molecule has 0 aromatic heterocycles. The number of benzene rings is 2. The monoisotopic (exact) mass is 430 g/mol. The molecule has 1 amide bonds. The number of sulfonamides is 1. The van der Waals surface area contributed by atoms with Crippen molar-refractivity contribution >= 4 is 44.8 Å². The van der Waals surface area contributed by atoms with E-state index < -0.39 is 10.0 Å². The van der Waals surface area contributed by atoms with Crippen LogP contribution in [0.3, 0.4) is 0 Å². The van der Waals surface area contributed by atoms with Crippen molar-refractivity contribution in [1.29, 1.82) is 0 Å². The average molecular weight is 431 g/mol. The normalized spacial score (nSPS) is 12.4. The minimum Gasteiger partial charge on any atom is -0.385 e. The fraction of sp³-hybridized carbons (Fsp3) is 0.278. The molecular formula is C18H20Cl2N2O4S. The van der Waals surface area contributed by atoms with Crippen molar-refractivity contribution in [2.24, 2.45) is 0 Å². The standard InChI is InChI=1S/C18H20Cl2N2O4S/c1-12(8-9-26-2)21-18(23)13-4-3-5-14(10-13)22-27(24,25)15-6-7-16(19)17(20)11-15/h3-7,10-12,22H,8-9H2,1-2H3,(H,21,23). The molecule has 0 heterocycles. The van der Waals surface area contributed by atoms with Crippen molar-refractivity contribution in [3.63, 3.8) is 0 Å². The topological polar surface area (TPSA) is 84.5 Å². The lowest BCUT2D eigenvalue weighted by Gasteiger charge is -2.14. The zero-order valence-corrected chi connectivity index (χ0v) is 17.2. The highest BCUT2D eigenvalue weighted by Gasteiger charge is 2.17. The maximum Gasteiger partial charge on any atom is 0.261 e. The first-order valence-corrected chi connectivity index (χ1v) is 10.3. The number of amides is 1. The first-order chi connectivity index (χ1) is 12.7. The second kappa shape index (κ2) is 9.41. The number of anilines is 1. The number of carbonyl (C=O) groups is 1. The van der Waals surface area contributed by atoms with Crippen LogP contribution >= 0.6 is 23.2 Å². The van der Waals surface area contributed by atoms with E-state index >= 15 is 0 Å². The number of hydrogen-bond donors (Lipinski definition) is 2. The quantitative estimate of drug-likeness (QED) is 0.663. The summed E-state index contributed by atoms with van der Waals surface area (Å²) in [6.45, 7) is 2.40. The Morgan fingerprint density at radius 3 is 2.56 bits per heavy atom. The summed E-state index contributed by atoms with van der Waals surface area (Å²) in [6.07, 6.45) is 0.673. The van der Waals surface area contributed by atoms with Crippen molar-refractivity contribution in [2.75, 3.05) is 18.4 Å². The number of nitrogens with one attached hydrogen (secondary N) is 2. The van der Waals surface area contributed by atoms with Gasteiger partial charge in [-0.15, -0.1) is 0 Å². The molecular weight excluding hydrogens is 411 g/mol. The van der Waals surface area contributed by atoms with Crippen LogP contribution in [0.5, 0.6) is 0 Å². The van der Waals surface area contributed by atoms with E-state index in [1.54, 1.807) is 25.3 Å². The van der Waals surface area contributed by atoms with E-state index in [1.165, 1.54) is 24.3 Å². The van der Waals surface area contributed by atoms with Gasteiger partial charge in [-0.1, -0.05) is 29.3 Å². The summed E-state index contributed by atoms with van der Waals surface area (Å²) >= 11 is 11.7. The minimum atomic E-state index is -3.87. The number of rotatable bonds is 8. The van der Waals surface area contributed by atoms with Gasteiger partial charge in [0, 0.05) is 31.0 Å². The van der Waals surface area contributed by atoms with E-state index in [0.717, 1.165) is 0 Å². The highest BCUT2D eigenvalue weighted by molar-refractivity contribution is 7.92. The van der Waals surface area contributed by atoms with Gasteiger partial charge in [0.25, 0.3) is 15.9 Å². The second-order valence-electron chi connectivity index (χ2n) is 5.92. The predicted molar refractivity (Wildman–Crippen MR) is 107 cm³/mol. The van der Waals surface area contributed by atoms with Crippen molar-refractivity contribution in [1.82, 2.24) is 5.32 Å². The Bertz CT molecular complexity index is 919. The van der Waals surface area contributed by atoms with Crippen LogP contribution in [0.4, 0.5) is 5.69 Å². The Morgan fingerprint density at radius 2 is 1.89 bits per heavy atom. The third kappa shape index (κ3) is 6.10. The van der Waals surface area contributed by atoms with Gasteiger partial charge in [-0.25, -0.2) is 8.42 Å². The molecule has 0 spiro atoms. The van der Waals surface area contributed by atoms with Gasteiger partial charge in [0.1, 0.15) is 0 Å². The summed E-state index contributed by atoms with van der Waals surface area (Å²) in [5, 5.41) is 3.24. The summed E-state index contributed by atoms with van der Waals surface area (Å²) < 4.78 is 32.5. The molecule has 0 aliphatic rings. The molecule has 9 heteroatoms. The summed E-state index contributed by atoms with van der Waals surface area (Å²) in [5.74, 6) is -0.297. The van der Waals surface area contributed by atoms with E-state index in [1.807, 2.05) is 6.92 Å². The molecule has 0 saturated heterocycles. The molecule has 2 N–H and O–H groups in total. The van der Waals surface area contributed by atoms with Crippen LogP contribution in [0.15, 0.2) is 47.4 Å². The van der Waals surface area contributed by atoms with Gasteiger partial charge in [-0.3, -0.25) is 9.52 Å². The fourth-order valence-electron chi connectivity index (χ4n) is 2.26. The molecule has 0 fully saturated rings. The molecule has 2 aromatic carbocycles. The fourth-order valence-corrected chi connectivity index (χ4v) is 3.69. The number of halogens is 2. The van der Waals surface area contributed by atoms with Crippen LogP contribution in [0.25, 0.3) is 0 Å². The number of methoxy groups -OCH3 is 1. The number of hydrogen-bond acceptors (Lipinski definition) is 4. The molecule has 0 radical (unpaired) electrons. The van der Waals surface area contributed by atoms with Crippen LogP contribution in [0.1, 0.15) is 23.7 Å². The van der Waals surface area contributed by atoms with Gasteiger partial charge in [0.15, 0.2) is 0 Å². The summed E-state index contributed by atoms with van der Waals surface area (Å²) in [6, 6.07) is 10.2. The van der Waals surface area contributed by atoms with Crippen molar-refractivity contribution < 1.29 is 17.9 Å². The van der Waals surface area contributed by atoms with Gasteiger partial charge in [-0.05, 0) is 49.7 Å². The molecule has 0 bridgehead atoms. The zero-order chi connectivity index (χ0) is 20.0. The SMILES string of the molecule is COCCC(C)NC(=O)c1cccc(NS(=O)(=O)c2ccc(Cl)c(Cl)c2)c1. The van der Waals surface area contributed by atoms with E-state index in [2.05, 4.69) is 10.0 Å². The first kappa shape index (κ1) is 21.5. The second-order valence-corrected chi connectivity index (χ2v) is 8.42. The maximum atomic E-state index is 12.5. The van der Waals surface area contributed by atoms with Crippen molar-refractivity contribution in [3.05, 3.63) is 58.1 Å². The van der Waals surface area contributed by atoms with Crippen LogP contribution in [-0.4, -0.2) is 34.1 Å². The summed E-state index contributed by atoms with van der Waals surface area (Å²) in [7, 11) is -2.28. The van der Waals surface area contributed by atoms with Crippen LogP contribution in [-0.2, 0) is 14.8 Å². The van der Waals surface area contributed by atoms with Gasteiger partial charge >= 0.3 is 0 Å². The van der Waals surface area contributed by atoms with E-state index in [9.17, 15) is 13.2 Å². The Hall–Kier alpha value is -1.80. The summed E-state index contributed by atoms with van der Waals surface area (Å²) in [4.78, 5) is 12.3. The molecule has 0 aliphatic heterocycles. The lowest BCUT2D eigenvalue weighted by atomic mass is 10.1. The average Bonchev–Trinajstić information content (AvgIpc) is 2.62. The van der Waals surface area contributed by atoms with Gasteiger partial charge in [0.2, 0.25) is 0 Å². The Labute approximate surface area is 168 Å². The largest absolute Gasteiger partial charge is 0.385 e. The smallest absolute Gasteiger partial charge is 0.261 e. The van der Waals surface area contributed by atoms with Crippen molar-refractivity contribution in [2.45, 2.75) is 24.3 Å². The Balaban J connectivity index is 2.14. The van der Waals surface area contributed by atoms with Crippen LogP contribution in [0.2, 0.25) is 10.0 Å². The van der Waals surface area contributed by atoms with E-state index in [4.69, 9.17) is 27.9 Å². The third-order valence-corrected chi connectivity index (χ3v) is 5.83. The first-order valence-electron chi connectivity index (χ1n) is 8.10. The highest BCUT2D eigenvalue weighted by atomic mass is 35.5. The minimum absolute atomic E-state index is 0.0278. The lowest BCUT2D eigenvalue weighted by molar-refractivity contribution is 0.0929. The third-order valence-electron chi connectivity index (χ3n) is 3.71. The molecule has 2 aromatic rings. The molecule has 1 unspecified atom stereocenters. The molecule has 146 valence electrons. The molecule has 27 heavy (non-hydrogen) atoms. The molecule has 0 saturated carbocycles. The molecule has 1 atom stereocenters.